The summed E-state index contributed by atoms with van der Waals surface area (Å²) in [7, 11) is -5.55. The van der Waals surface area contributed by atoms with E-state index < -0.39 is 32.8 Å². The lowest BCUT2D eigenvalue weighted by molar-refractivity contribution is 0.571. The first-order valence-electron chi connectivity index (χ1n) is 7.23. The maximum absolute atomic E-state index is 6.56. The van der Waals surface area contributed by atoms with E-state index >= 15 is 0 Å². The van der Waals surface area contributed by atoms with Crippen LogP contribution >= 0.6 is 0 Å². The van der Waals surface area contributed by atoms with Gasteiger partial charge in [0.25, 0.3) is 0 Å². The van der Waals surface area contributed by atoms with E-state index in [9.17, 15) is 0 Å². The van der Waals surface area contributed by atoms with E-state index in [1.807, 2.05) is 0 Å². The molecule has 0 radical (unpaired) electrons. The van der Waals surface area contributed by atoms with E-state index in [1.165, 1.54) is 0 Å². The molecule has 0 aliphatic heterocycles. The molecule has 0 aliphatic carbocycles. The molecule has 0 fully saturated rings. The molecule has 5 heteroatoms. The predicted octanol–water partition coefficient (Wildman–Crippen LogP) is 5.36. The van der Waals surface area contributed by atoms with Gasteiger partial charge in [0.2, 0.25) is 0 Å². The Morgan fingerprint density at radius 2 is 0.737 bits per heavy atom. The molecule has 0 spiro atoms. The lowest BCUT2D eigenvalue weighted by Gasteiger charge is -2.31. The molecule has 0 N–H and O–H groups in total. The second kappa shape index (κ2) is 6.38. The highest BCUT2D eigenvalue weighted by molar-refractivity contribution is 6.92. The number of rotatable bonds is 6. The normalized spacial score (nSPS) is 15.7. The van der Waals surface area contributed by atoms with E-state index in [1.54, 1.807) is 0 Å². The second-order valence-corrected chi connectivity index (χ2v) is 26.7. The summed E-state index contributed by atoms with van der Waals surface area (Å²) in [5.74, 6) is 0. The molecule has 0 saturated carbocycles. The molecule has 19 heavy (non-hydrogen) atoms. The van der Waals surface area contributed by atoms with Crippen molar-refractivity contribution in [3.63, 3.8) is 0 Å². The van der Waals surface area contributed by atoms with Crippen LogP contribution in [0.15, 0.2) is 22.8 Å². The molecule has 0 rings (SSSR count). The number of hydrogen-bond acceptors (Lipinski definition) is 1. The molecule has 0 saturated heterocycles. The Balaban J connectivity index is 4.82. The molecular formula is C14H34OSi4. The molecular weight excluding hydrogens is 296 g/mol. The van der Waals surface area contributed by atoms with E-state index in [0.717, 1.165) is 0 Å². The molecule has 0 aromatic carbocycles. The van der Waals surface area contributed by atoms with E-state index in [2.05, 4.69) is 88.3 Å². The van der Waals surface area contributed by atoms with Crippen molar-refractivity contribution in [2.24, 2.45) is 0 Å². The lowest BCUT2D eigenvalue weighted by atomic mass is 11.2. The minimum absolute atomic E-state index is 1.11. The Kier molecular flexibility index (Phi) is 6.49. The smallest absolute Gasteiger partial charge is 0.198 e. The minimum Gasteiger partial charge on any atom is -0.449 e. The first-order valence-corrected chi connectivity index (χ1v) is 20.4. The van der Waals surface area contributed by atoms with Crippen molar-refractivity contribution in [1.82, 2.24) is 0 Å². The topological polar surface area (TPSA) is 9.23 Å². The third kappa shape index (κ3) is 11.8. The van der Waals surface area contributed by atoms with Crippen LogP contribution in [-0.4, -0.2) is 32.8 Å². The Labute approximate surface area is 125 Å². The predicted molar refractivity (Wildman–Crippen MR) is 101 cm³/mol. The summed E-state index contributed by atoms with van der Waals surface area (Å²) in [5.41, 5.74) is 9.73. The van der Waals surface area contributed by atoms with Gasteiger partial charge >= 0.3 is 0 Å². The zero-order chi connectivity index (χ0) is 15.5. The first kappa shape index (κ1) is 19.3. The molecule has 0 aromatic heterocycles. The van der Waals surface area contributed by atoms with Crippen LogP contribution in [0.3, 0.4) is 0 Å². The Morgan fingerprint density at radius 1 is 0.474 bits per heavy atom. The first-order chi connectivity index (χ1) is 8.12. The quantitative estimate of drug-likeness (QED) is 0.596. The van der Waals surface area contributed by atoms with Gasteiger partial charge in [0.1, 0.15) is 0 Å². The highest BCUT2D eigenvalue weighted by atomic mass is 28.4. The van der Waals surface area contributed by atoms with Gasteiger partial charge in [-0.25, -0.2) is 0 Å². The van der Waals surface area contributed by atoms with Gasteiger partial charge in [-0.15, -0.1) is 11.4 Å². The number of hydrogen-bond donors (Lipinski definition) is 0. The summed E-state index contributed by atoms with van der Waals surface area (Å²) in [4.78, 5) is 0. The van der Waals surface area contributed by atoms with Gasteiger partial charge in [0.15, 0.2) is 16.6 Å². The third-order valence-electron chi connectivity index (χ3n) is 2.50. The van der Waals surface area contributed by atoms with Crippen molar-refractivity contribution in [2.45, 2.75) is 65.5 Å². The summed E-state index contributed by atoms with van der Waals surface area (Å²) in [6, 6.07) is 0. The monoisotopic (exact) mass is 330 g/mol. The van der Waals surface area contributed by atoms with Crippen LogP contribution in [-0.2, 0) is 4.12 Å². The summed E-state index contributed by atoms with van der Waals surface area (Å²) < 4.78 is 6.56. The van der Waals surface area contributed by atoms with Crippen LogP contribution in [0.25, 0.3) is 0 Å². The van der Waals surface area contributed by atoms with E-state index in [0.29, 0.717) is 0 Å². The molecule has 0 heterocycles. The summed E-state index contributed by atoms with van der Waals surface area (Å²) in [6.45, 7) is 23.5. The van der Waals surface area contributed by atoms with Crippen molar-refractivity contribution in [3.8, 4) is 0 Å². The SMILES string of the molecule is C[Si](C)(C)/C=C/[Si](C)(C)O[Si](C)(C)/C=C/[Si](C)(C)C. The van der Waals surface area contributed by atoms with Crippen molar-refractivity contribution < 1.29 is 4.12 Å². The molecule has 0 unspecified atom stereocenters. The average molecular weight is 331 g/mol. The van der Waals surface area contributed by atoms with Crippen LogP contribution in [0.5, 0.6) is 0 Å². The maximum Gasteiger partial charge on any atom is 0.198 e. The summed E-state index contributed by atoms with van der Waals surface area (Å²) >= 11 is 0. The van der Waals surface area contributed by atoms with Gasteiger partial charge in [-0.1, -0.05) is 50.7 Å². The molecule has 0 atom stereocenters. The molecule has 0 bridgehead atoms. The summed E-state index contributed by atoms with van der Waals surface area (Å²) in [5, 5.41) is 0. The Bertz CT molecular complexity index is 309. The van der Waals surface area contributed by atoms with E-state index in [-0.39, 0.29) is 0 Å². The summed E-state index contributed by atoms with van der Waals surface area (Å²) in [6.07, 6.45) is 0. The third-order valence-corrected chi connectivity index (χ3v) is 11.6. The van der Waals surface area contributed by atoms with Gasteiger partial charge in [0.05, 0.1) is 16.1 Å². The standard InChI is InChI=1S/C14H34OSi4/c1-16(2,3)11-13-18(7,8)15-19(9,10)14-12-17(4,5)6/h11-14H,1-10H3/b13-11+,14-12+. The van der Waals surface area contributed by atoms with Gasteiger partial charge in [-0.3, -0.25) is 0 Å². The van der Waals surface area contributed by atoms with Gasteiger partial charge in [0, 0.05) is 0 Å². The molecule has 0 aliphatic rings. The highest BCUT2D eigenvalue weighted by Gasteiger charge is 2.30. The van der Waals surface area contributed by atoms with Crippen LogP contribution in [0.4, 0.5) is 0 Å². The second-order valence-electron chi connectivity index (χ2n) is 8.71. The van der Waals surface area contributed by atoms with Crippen LogP contribution in [0.1, 0.15) is 0 Å². The molecule has 0 aromatic rings. The van der Waals surface area contributed by atoms with Crippen LogP contribution in [0, 0.1) is 0 Å². The largest absolute Gasteiger partial charge is 0.449 e. The Morgan fingerprint density at radius 3 is 0.947 bits per heavy atom. The van der Waals surface area contributed by atoms with Gasteiger partial charge in [-0.05, 0) is 26.2 Å². The fraction of sp³-hybridized carbons (Fsp3) is 0.714. The molecule has 112 valence electrons. The fourth-order valence-corrected chi connectivity index (χ4v) is 14.8. The van der Waals surface area contributed by atoms with Crippen LogP contribution < -0.4 is 0 Å². The highest BCUT2D eigenvalue weighted by Crippen LogP contribution is 2.19. The van der Waals surface area contributed by atoms with Crippen molar-refractivity contribution >= 4 is 32.8 Å². The zero-order valence-corrected chi connectivity index (χ0v) is 18.7. The fourth-order valence-electron chi connectivity index (χ4n) is 1.65. The van der Waals surface area contributed by atoms with Gasteiger partial charge in [-0.2, -0.15) is 0 Å². The van der Waals surface area contributed by atoms with Crippen molar-refractivity contribution in [3.05, 3.63) is 22.8 Å². The van der Waals surface area contributed by atoms with E-state index in [4.69, 9.17) is 4.12 Å². The minimum atomic E-state index is -1.66. The maximum atomic E-state index is 6.56. The lowest BCUT2D eigenvalue weighted by Crippen LogP contribution is -2.43. The van der Waals surface area contributed by atoms with Gasteiger partial charge < -0.3 is 4.12 Å². The zero-order valence-electron chi connectivity index (χ0n) is 14.7. The Hall–Kier alpha value is 0.308. The average Bonchev–Trinajstić information content (AvgIpc) is 2.09. The molecule has 0 amide bonds. The van der Waals surface area contributed by atoms with Crippen LogP contribution in [0.2, 0.25) is 65.5 Å². The van der Waals surface area contributed by atoms with Crippen molar-refractivity contribution in [1.29, 1.82) is 0 Å². The van der Waals surface area contributed by atoms with Crippen molar-refractivity contribution in [2.75, 3.05) is 0 Å². The molecule has 1 nitrogen and oxygen atoms in total.